The third kappa shape index (κ3) is 4.27. The quantitative estimate of drug-likeness (QED) is 0.690. The molecule has 2 N–H and O–H groups in total. The summed E-state index contributed by atoms with van der Waals surface area (Å²) in [6.45, 7) is 7.09. The predicted molar refractivity (Wildman–Crippen MR) is 59.3 cm³/mol. The number of morpholine rings is 1. The molecule has 0 radical (unpaired) electrons. The highest BCUT2D eigenvalue weighted by molar-refractivity contribution is 7.97. The predicted octanol–water partition coefficient (Wildman–Crippen LogP) is 1.19. The standard InChI is InChI=1S/C9H18N2O3S/c1-9(2,3)14-8(12)11-4-5-13-7(6-11)15-10/h7H,4-6,10H2,1-3H3. The van der Waals surface area contributed by atoms with Gasteiger partial charge in [-0.1, -0.05) is 11.9 Å². The summed E-state index contributed by atoms with van der Waals surface area (Å²) in [7, 11) is 0. The van der Waals surface area contributed by atoms with E-state index in [1.807, 2.05) is 20.8 Å². The van der Waals surface area contributed by atoms with Crippen molar-refractivity contribution in [1.29, 1.82) is 0 Å². The normalized spacial score (nSPS) is 22.7. The van der Waals surface area contributed by atoms with E-state index in [2.05, 4.69) is 0 Å². The van der Waals surface area contributed by atoms with Crippen LogP contribution in [0.25, 0.3) is 0 Å². The van der Waals surface area contributed by atoms with Crippen LogP contribution in [0.5, 0.6) is 0 Å². The molecule has 15 heavy (non-hydrogen) atoms. The van der Waals surface area contributed by atoms with Crippen molar-refractivity contribution in [3.63, 3.8) is 0 Å². The van der Waals surface area contributed by atoms with Gasteiger partial charge < -0.3 is 14.4 Å². The number of nitrogens with zero attached hydrogens (tertiary/aromatic N) is 1. The van der Waals surface area contributed by atoms with Gasteiger partial charge in [-0.05, 0) is 20.8 Å². The molecule has 5 nitrogen and oxygen atoms in total. The summed E-state index contributed by atoms with van der Waals surface area (Å²) in [6.07, 6.45) is -0.301. The number of amides is 1. The van der Waals surface area contributed by atoms with Crippen LogP contribution in [0.1, 0.15) is 20.8 Å². The Hall–Kier alpha value is -0.460. The molecule has 88 valence electrons. The van der Waals surface area contributed by atoms with Crippen LogP contribution in [-0.4, -0.2) is 41.7 Å². The first-order valence-electron chi connectivity index (χ1n) is 4.87. The fourth-order valence-electron chi connectivity index (χ4n) is 1.19. The molecule has 1 saturated heterocycles. The van der Waals surface area contributed by atoms with E-state index < -0.39 is 5.60 Å². The minimum Gasteiger partial charge on any atom is -0.444 e. The third-order valence-electron chi connectivity index (χ3n) is 1.84. The fraction of sp³-hybridized carbons (Fsp3) is 0.889. The van der Waals surface area contributed by atoms with E-state index in [0.717, 1.165) is 11.9 Å². The number of nitrogens with two attached hydrogens (primary N) is 1. The first-order chi connectivity index (χ1) is 6.92. The molecular formula is C9H18N2O3S. The smallest absolute Gasteiger partial charge is 0.410 e. The van der Waals surface area contributed by atoms with E-state index >= 15 is 0 Å². The van der Waals surface area contributed by atoms with Crippen molar-refractivity contribution in [2.45, 2.75) is 31.8 Å². The van der Waals surface area contributed by atoms with Crippen molar-refractivity contribution in [3.05, 3.63) is 0 Å². The molecule has 1 aliphatic rings. The van der Waals surface area contributed by atoms with Crippen molar-refractivity contribution in [1.82, 2.24) is 4.90 Å². The van der Waals surface area contributed by atoms with Crippen molar-refractivity contribution in [3.8, 4) is 0 Å². The molecule has 0 aromatic carbocycles. The zero-order valence-corrected chi connectivity index (χ0v) is 10.2. The van der Waals surface area contributed by atoms with Crippen LogP contribution in [-0.2, 0) is 9.47 Å². The summed E-state index contributed by atoms with van der Waals surface area (Å²) < 4.78 is 10.6. The summed E-state index contributed by atoms with van der Waals surface area (Å²) in [6, 6.07) is 0. The molecule has 1 rings (SSSR count). The highest BCUT2D eigenvalue weighted by Gasteiger charge is 2.27. The average Bonchev–Trinajstić information content (AvgIpc) is 2.15. The van der Waals surface area contributed by atoms with Crippen LogP contribution >= 0.6 is 11.9 Å². The van der Waals surface area contributed by atoms with E-state index in [0.29, 0.717) is 19.7 Å². The summed E-state index contributed by atoms with van der Waals surface area (Å²) >= 11 is 1.11. The molecule has 0 aliphatic carbocycles. The highest BCUT2D eigenvalue weighted by Crippen LogP contribution is 2.16. The molecule has 1 heterocycles. The summed E-state index contributed by atoms with van der Waals surface area (Å²) in [4.78, 5) is 13.3. The zero-order chi connectivity index (χ0) is 11.5. The largest absolute Gasteiger partial charge is 0.444 e. The van der Waals surface area contributed by atoms with E-state index in [4.69, 9.17) is 14.6 Å². The molecular weight excluding hydrogens is 216 g/mol. The van der Waals surface area contributed by atoms with Crippen LogP contribution < -0.4 is 5.14 Å². The third-order valence-corrected chi connectivity index (χ3v) is 2.43. The molecule has 1 amide bonds. The lowest BCUT2D eigenvalue weighted by atomic mass is 10.2. The van der Waals surface area contributed by atoms with Gasteiger partial charge in [-0.3, -0.25) is 5.14 Å². The Balaban J connectivity index is 2.45. The first-order valence-corrected chi connectivity index (χ1v) is 5.82. The van der Waals surface area contributed by atoms with Gasteiger partial charge in [0, 0.05) is 6.54 Å². The van der Waals surface area contributed by atoms with E-state index in [1.165, 1.54) is 0 Å². The zero-order valence-electron chi connectivity index (χ0n) is 9.36. The second-order valence-corrected chi connectivity index (χ2v) is 5.16. The Kier molecular flexibility index (Phi) is 4.24. The molecule has 0 aromatic heterocycles. The molecule has 1 atom stereocenters. The van der Waals surface area contributed by atoms with E-state index in [-0.39, 0.29) is 11.5 Å². The first kappa shape index (κ1) is 12.6. The minimum atomic E-state index is -0.458. The highest BCUT2D eigenvalue weighted by atomic mass is 32.2. The SMILES string of the molecule is CC(C)(C)OC(=O)N1CCOC(SN)C1. The lowest BCUT2D eigenvalue weighted by molar-refractivity contribution is -0.0152. The number of rotatable bonds is 1. The van der Waals surface area contributed by atoms with Gasteiger partial charge in [0.15, 0.2) is 0 Å². The Morgan fingerprint density at radius 1 is 1.60 bits per heavy atom. The van der Waals surface area contributed by atoms with Gasteiger partial charge in [0.2, 0.25) is 0 Å². The van der Waals surface area contributed by atoms with Crippen molar-refractivity contribution in [2.24, 2.45) is 5.14 Å². The van der Waals surface area contributed by atoms with Crippen molar-refractivity contribution < 1.29 is 14.3 Å². The molecule has 1 aliphatic heterocycles. The molecule has 0 spiro atoms. The van der Waals surface area contributed by atoms with Crippen LogP contribution in [0, 0.1) is 0 Å². The molecule has 1 fully saturated rings. The fourth-order valence-corrected chi connectivity index (χ4v) is 1.63. The topological polar surface area (TPSA) is 64.8 Å². The minimum absolute atomic E-state index is 0.147. The van der Waals surface area contributed by atoms with Gasteiger partial charge in [0.05, 0.1) is 13.2 Å². The number of hydrogen-bond donors (Lipinski definition) is 1. The summed E-state index contributed by atoms with van der Waals surface area (Å²) in [5, 5.41) is 5.41. The molecule has 0 aromatic rings. The number of carbonyl (C=O) groups excluding carboxylic acids is 1. The van der Waals surface area contributed by atoms with Crippen LogP contribution in [0.3, 0.4) is 0 Å². The maximum absolute atomic E-state index is 11.7. The Bertz CT molecular complexity index is 230. The lowest BCUT2D eigenvalue weighted by Crippen LogP contribution is -2.46. The van der Waals surface area contributed by atoms with Crippen LogP contribution in [0.4, 0.5) is 4.79 Å². The van der Waals surface area contributed by atoms with Gasteiger partial charge in [-0.2, -0.15) is 0 Å². The lowest BCUT2D eigenvalue weighted by Gasteiger charge is -2.33. The molecule has 0 bridgehead atoms. The van der Waals surface area contributed by atoms with Gasteiger partial charge in [-0.15, -0.1) is 0 Å². The Labute approximate surface area is 94.4 Å². The van der Waals surface area contributed by atoms with Crippen molar-refractivity contribution in [2.75, 3.05) is 19.7 Å². The monoisotopic (exact) mass is 234 g/mol. The van der Waals surface area contributed by atoms with Crippen molar-refractivity contribution >= 4 is 18.0 Å². The Morgan fingerprint density at radius 2 is 2.27 bits per heavy atom. The second-order valence-electron chi connectivity index (χ2n) is 4.36. The van der Waals surface area contributed by atoms with Gasteiger partial charge in [0.1, 0.15) is 11.0 Å². The second kappa shape index (κ2) is 5.05. The van der Waals surface area contributed by atoms with Gasteiger partial charge in [0.25, 0.3) is 0 Å². The van der Waals surface area contributed by atoms with Crippen LogP contribution in [0.2, 0.25) is 0 Å². The summed E-state index contributed by atoms with van der Waals surface area (Å²) in [5.41, 5.74) is -0.605. The van der Waals surface area contributed by atoms with E-state index in [9.17, 15) is 4.79 Å². The van der Waals surface area contributed by atoms with Crippen LogP contribution in [0.15, 0.2) is 0 Å². The maximum atomic E-state index is 11.7. The Morgan fingerprint density at radius 3 is 2.80 bits per heavy atom. The molecule has 1 unspecified atom stereocenters. The van der Waals surface area contributed by atoms with E-state index in [1.54, 1.807) is 4.90 Å². The molecule has 0 saturated carbocycles. The number of ether oxygens (including phenoxy) is 2. The number of carbonyl (C=O) groups is 1. The number of hydrogen-bond acceptors (Lipinski definition) is 5. The van der Waals surface area contributed by atoms with Gasteiger partial charge in [-0.25, -0.2) is 4.79 Å². The molecule has 6 heteroatoms. The summed E-state index contributed by atoms with van der Waals surface area (Å²) in [5.74, 6) is 0. The maximum Gasteiger partial charge on any atom is 0.410 e. The average molecular weight is 234 g/mol. The van der Waals surface area contributed by atoms with Gasteiger partial charge >= 0.3 is 6.09 Å².